The largest absolute Gasteiger partial charge is 0.289 e. The molecule has 0 radical (unpaired) electrons. The summed E-state index contributed by atoms with van der Waals surface area (Å²) in [4.78, 5) is 4.74. The lowest BCUT2D eigenvalue weighted by Crippen LogP contribution is -2.08. The molecule has 17 heavy (non-hydrogen) atoms. The summed E-state index contributed by atoms with van der Waals surface area (Å²) in [6, 6.07) is 10.6. The van der Waals surface area contributed by atoms with Crippen LogP contribution in [0, 0.1) is 5.41 Å². The van der Waals surface area contributed by atoms with Crippen LogP contribution in [0.1, 0.15) is 32.8 Å². The summed E-state index contributed by atoms with van der Waals surface area (Å²) in [6.45, 7) is 7.63. The fraction of sp³-hybridized carbons (Fsp3) is 0.438. The summed E-state index contributed by atoms with van der Waals surface area (Å²) >= 11 is 0. The van der Waals surface area contributed by atoms with Crippen LogP contribution >= 0.6 is 0 Å². The lowest BCUT2D eigenvalue weighted by molar-refractivity contribution is 0.715. The molecule has 0 N–H and O–H groups in total. The third kappa shape index (κ3) is 3.06. The average Bonchev–Trinajstić information content (AvgIpc) is 2.95. The van der Waals surface area contributed by atoms with E-state index in [2.05, 4.69) is 57.2 Å². The van der Waals surface area contributed by atoms with Crippen molar-refractivity contribution in [1.29, 1.82) is 0 Å². The van der Waals surface area contributed by atoms with Gasteiger partial charge in [-0.3, -0.25) is 4.99 Å². The van der Waals surface area contributed by atoms with Gasteiger partial charge in [0.1, 0.15) is 0 Å². The molecule has 1 aliphatic rings. The Morgan fingerprint density at radius 3 is 2.35 bits per heavy atom. The number of hydrogen-bond donors (Lipinski definition) is 0. The average molecular weight is 227 g/mol. The maximum Gasteiger partial charge on any atom is 0.0429 e. The zero-order valence-electron chi connectivity index (χ0n) is 11.0. The van der Waals surface area contributed by atoms with Crippen molar-refractivity contribution in [2.45, 2.75) is 33.6 Å². The number of benzene rings is 1. The Morgan fingerprint density at radius 1 is 1.18 bits per heavy atom. The molecule has 1 heteroatoms. The smallest absolute Gasteiger partial charge is 0.0429 e. The van der Waals surface area contributed by atoms with Gasteiger partial charge in [-0.2, -0.15) is 0 Å². The SMILES string of the molecule is CCCN=C(Cc1ccccc1)C1=CC1(C)C. The Bertz CT molecular complexity index is 438. The lowest BCUT2D eigenvalue weighted by atomic mass is 9.99. The number of allylic oxidation sites excluding steroid dienone is 2. The highest BCUT2D eigenvalue weighted by molar-refractivity contribution is 6.06. The van der Waals surface area contributed by atoms with E-state index in [9.17, 15) is 0 Å². The fourth-order valence-electron chi connectivity index (χ4n) is 2.05. The lowest BCUT2D eigenvalue weighted by Gasteiger charge is -2.08. The highest BCUT2D eigenvalue weighted by Gasteiger charge is 2.36. The molecule has 0 saturated carbocycles. The first-order valence-electron chi connectivity index (χ1n) is 6.44. The Hall–Kier alpha value is -1.37. The van der Waals surface area contributed by atoms with Gasteiger partial charge in [0, 0.05) is 24.1 Å². The summed E-state index contributed by atoms with van der Waals surface area (Å²) in [5, 5.41) is 0. The Kier molecular flexibility index (Phi) is 3.46. The summed E-state index contributed by atoms with van der Waals surface area (Å²) in [6.07, 6.45) is 4.41. The quantitative estimate of drug-likeness (QED) is 0.673. The molecule has 1 nitrogen and oxygen atoms in total. The molecule has 0 unspecified atom stereocenters. The highest BCUT2D eigenvalue weighted by atomic mass is 14.7. The van der Waals surface area contributed by atoms with Crippen LogP contribution in [-0.2, 0) is 6.42 Å². The molecule has 0 fully saturated rings. The molecule has 0 spiro atoms. The number of hydrogen-bond acceptors (Lipinski definition) is 1. The number of rotatable bonds is 5. The second kappa shape index (κ2) is 4.87. The predicted molar refractivity (Wildman–Crippen MR) is 74.6 cm³/mol. The second-order valence-electron chi connectivity index (χ2n) is 5.27. The van der Waals surface area contributed by atoms with Crippen LogP contribution in [0.15, 0.2) is 47.0 Å². The van der Waals surface area contributed by atoms with E-state index in [0.29, 0.717) is 0 Å². The summed E-state index contributed by atoms with van der Waals surface area (Å²) < 4.78 is 0. The van der Waals surface area contributed by atoms with Crippen molar-refractivity contribution in [1.82, 2.24) is 0 Å². The van der Waals surface area contributed by atoms with Crippen molar-refractivity contribution in [3.05, 3.63) is 47.5 Å². The summed E-state index contributed by atoms with van der Waals surface area (Å²) in [5.41, 5.74) is 4.35. The van der Waals surface area contributed by atoms with Gasteiger partial charge >= 0.3 is 0 Å². The van der Waals surface area contributed by atoms with Gasteiger partial charge in [-0.1, -0.05) is 57.2 Å². The molecule has 0 bridgehead atoms. The third-order valence-corrected chi connectivity index (χ3v) is 3.17. The highest BCUT2D eigenvalue weighted by Crippen LogP contribution is 2.44. The molecule has 0 aromatic heterocycles. The van der Waals surface area contributed by atoms with E-state index in [1.165, 1.54) is 16.8 Å². The minimum absolute atomic E-state index is 0.279. The summed E-state index contributed by atoms with van der Waals surface area (Å²) in [7, 11) is 0. The number of aliphatic imine (C=N–C) groups is 1. The van der Waals surface area contributed by atoms with Crippen LogP contribution in [0.4, 0.5) is 0 Å². The van der Waals surface area contributed by atoms with Crippen molar-refractivity contribution in [3.8, 4) is 0 Å². The van der Waals surface area contributed by atoms with Crippen LogP contribution in [0.25, 0.3) is 0 Å². The molecular weight excluding hydrogens is 206 g/mol. The zero-order chi connectivity index (χ0) is 12.3. The van der Waals surface area contributed by atoms with E-state index in [-0.39, 0.29) is 5.41 Å². The second-order valence-corrected chi connectivity index (χ2v) is 5.27. The van der Waals surface area contributed by atoms with E-state index in [1.54, 1.807) is 0 Å². The molecule has 2 rings (SSSR count). The van der Waals surface area contributed by atoms with Crippen molar-refractivity contribution in [3.63, 3.8) is 0 Å². The molecule has 0 heterocycles. The van der Waals surface area contributed by atoms with E-state index in [4.69, 9.17) is 4.99 Å². The van der Waals surface area contributed by atoms with Crippen molar-refractivity contribution in [2.24, 2.45) is 10.4 Å². The van der Waals surface area contributed by atoms with E-state index >= 15 is 0 Å². The van der Waals surface area contributed by atoms with E-state index < -0.39 is 0 Å². The van der Waals surface area contributed by atoms with Crippen LogP contribution in [0.2, 0.25) is 0 Å². The first-order chi connectivity index (χ1) is 8.13. The minimum Gasteiger partial charge on any atom is -0.289 e. The number of nitrogens with zero attached hydrogens (tertiary/aromatic N) is 1. The molecule has 1 aliphatic carbocycles. The molecule has 90 valence electrons. The normalized spacial score (nSPS) is 17.8. The van der Waals surface area contributed by atoms with Gasteiger partial charge in [-0.05, 0) is 17.6 Å². The van der Waals surface area contributed by atoms with E-state index in [0.717, 1.165) is 19.4 Å². The van der Waals surface area contributed by atoms with Gasteiger partial charge in [0.05, 0.1) is 0 Å². The molecule has 1 aromatic carbocycles. The molecule has 1 aromatic rings. The maximum atomic E-state index is 4.74. The third-order valence-electron chi connectivity index (χ3n) is 3.17. The van der Waals surface area contributed by atoms with Crippen LogP contribution in [-0.4, -0.2) is 12.3 Å². The fourth-order valence-corrected chi connectivity index (χ4v) is 2.05. The molecule has 0 saturated heterocycles. The van der Waals surface area contributed by atoms with Gasteiger partial charge in [0.25, 0.3) is 0 Å². The topological polar surface area (TPSA) is 12.4 Å². The molecule has 0 atom stereocenters. The molecular formula is C16H21N. The minimum atomic E-state index is 0.279. The maximum absolute atomic E-state index is 4.74. The molecule has 0 aliphatic heterocycles. The standard InChI is InChI=1S/C16H21N/c1-4-10-17-15(14-12-16(14,2)3)11-13-8-6-5-7-9-13/h5-9,12H,4,10-11H2,1-3H3. The molecule has 0 amide bonds. The van der Waals surface area contributed by atoms with Crippen molar-refractivity contribution >= 4 is 5.71 Å². The first kappa shape index (κ1) is 12.1. The van der Waals surface area contributed by atoms with Crippen LogP contribution in [0.5, 0.6) is 0 Å². The van der Waals surface area contributed by atoms with Crippen molar-refractivity contribution < 1.29 is 0 Å². The van der Waals surface area contributed by atoms with Gasteiger partial charge in [0.2, 0.25) is 0 Å². The Morgan fingerprint density at radius 2 is 1.82 bits per heavy atom. The van der Waals surface area contributed by atoms with Crippen molar-refractivity contribution in [2.75, 3.05) is 6.54 Å². The van der Waals surface area contributed by atoms with Gasteiger partial charge in [-0.25, -0.2) is 0 Å². The Balaban J connectivity index is 2.10. The monoisotopic (exact) mass is 227 g/mol. The van der Waals surface area contributed by atoms with Gasteiger partial charge in [-0.15, -0.1) is 0 Å². The van der Waals surface area contributed by atoms with Crippen LogP contribution < -0.4 is 0 Å². The predicted octanol–water partition coefficient (Wildman–Crippen LogP) is 4.05. The summed E-state index contributed by atoms with van der Waals surface area (Å²) in [5.74, 6) is 0. The Labute approximate surface area is 104 Å². The zero-order valence-corrected chi connectivity index (χ0v) is 11.0. The van der Waals surface area contributed by atoms with Gasteiger partial charge in [0.15, 0.2) is 0 Å². The van der Waals surface area contributed by atoms with E-state index in [1.807, 2.05) is 0 Å². The first-order valence-corrected chi connectivity index (χ1v) is 6.44. The van der Waals surface area contributed by atoms with Gasteiger partial charge < -0.3 is 0 Å². The van der Waals surface area contributed by atoms with Crippen LogP contribution in [0.3, 0.4) is 0 Å².